The van der Waals surface area contributed by atoms with Crippen LogP contribution in [0, 0.1) is 0 Å². The van der Waals surface area contributed by atoms with E-state index in [0.717, 1.165) is 0 Å². The SMILES string of the molecule is CC(=O)CC(=O)COc1ccc(N)cc1.[CaH2]. The third-order valence-electron chi connectivity index (χ3n) is 1.73. The van der Waals surface area contributed by atoms with Crippen LogP contribution in [0.15, 0.2) is 24.3 Å². The second-order valence-corrected chi connectivity index (χ2v) is 3.28. The summed E-state index contributed by atoms with van der Waals surface area (Å²) in [7, 11) is 0. The van der Waals surface area contributed by atoms with Crippen molar-refractivity contribution in [2.75, 3.05) is 12.3 Å². The molecule has 0 fully saturated rings. The summed E-state index contributed by atoms with van der Waals surface area (Å²) in [5.41, 5.74) is 6.12. The number of anilines is 1. The molecule has 0 spiro atoms. The van der Waals surface area contributed by atoms with E-state index in [4.69, 9.17) is 10.5 Å². The van der Waals surface area contributed by atoms with Gasteiger partial charge in [0.1, 0.15) is 18.1 Å². The molecule has 1 aromatic carbocycles. The number of carbonyl (C=O) groups excluding carboxylic acids is 2. The van der Waals surface area contributed by atoms with Crippen molar-refractivity contribution in [1.29, 1.82) is 0 Å². The van der Waals surface area contributed by atoms with Crippen molar-refractivity contribution < 1.29 is 14.3 Å². The molecule has 1 aromatic rings. The van der Waals surface area contributed by atoms with Gasteiger partial charge in [0.05, 0.1) is 6.42 Å². The molecule has 84 valence electrons. The van der Waals surface area contributed by atoms with Crippen LogP contribution in [0.2, 0.25) is 0 Å². The minimum absolute atomic E-state index is 0. The molecule has 0 aliphatic rings. The fourth-order valence-electron chi connectivity index (χ4n) is 1.06. The Morgan fingerprint density at radius 3 is 2.31 bits per heavy atom. The molecule has 0 aromatic heterocycles. The summed E-state index contributed by atoms with van der Waals surface area (Å²) < 4.78 is 5.17. The molecule has 16 heavy (non-hydrogen) atoms. The Hall–Kier alpha value is -0.580. The van der Waals surface area contributed by atoms with Gasteiger partial charge in [-0.3, -0.25) is 9.59 Å². The van der Waals surface area contributed by atoms with E-state index in [2.05, 4.69) is 0 Å². The van der Waals surface area contributed by atoms with Gasteiger partial charge in [-0.25, -0.2) is 0 Å². The molecule has 1 rings (SSSR count). The first-order valence-corrected chi connectivity index (χ1v) is 4.57. The van der Waals surface area contributed by atoms with Crippen molar-refractivity contribution in [3.8, 4) is 5.75 Å². The van der Waals surface area contributed by atoms with E-state index in [1.54, 1.807) is 24.3 Å². The number of hydrogen-bond donors (Lipinski definition) is 1. The van der Waals surface area contributed by atoms with Crippen molar-refractivity contribution in [1.82, 2.24) is 0 Å². The molecule has 0 aliphatic carbocycles. The van der Waals surface area contributed by atoms with Crippen LogP contribution in [0.4, 0.5) is 5.69 Å². The summed E-state index contributed by atoms with van der Waals surface area (Å²) in [6.45, 7) is 1.30. The first kappa shape index (κ1) is 15.4. The van der Waals surface area contributed by atoms with E-state index in [1.807, 2.05) is 0 Å². The molecule has 0 unspecified atom stereocenters. The summed E-state index contributed by atoms with van der Waals surface area (Å²) in [4.78, 5) is 21.7. The Morgan fingerprint density at radius 2 is 1.81 bits per heavy atom. The van der Waals surface area contributed by atoms with E-state index < -0.39 is 0 Å². The molecular formula is C11H15CaNO3. The van der Waals surface area contributed by atoms with Gasteiger partial charge in [0.2, 0.25) is 0 Å². The van der Waals surface area contributed by atoms with Crippen LogP contribution in [0.5, 0.6) is 5.75 Å². The van der Waals surface area contributed by atoms with Gasteiger partial charge < -0.3 is 10.5 Å². The maximum atomic E-state index is 11.1. The number of nitrogen functional groups attached to an aromatic ring is 1. The molecule has 0 atom stereocenters. The third kappa shape index (κ3) is 6.10. The van der Waals surface area contributed by atoms with Gasteiger partial charge >= 0.3 is 37.7 Å². The fraction of sp³-hybridized carbons (Fsp3) is 0.273. The van der Waals surface area contributed by atoms with Gasteiger partial charge in [0, 0.05) is 5.69 Å². The number of Topliss-reactive ketones (excluding diaryl/α,β-unsaturated/α-hetero) is 2. The zero-order valence-electron chi connectivity index (χ0n) is 8.53. The molecule has 0 amide bonds. The standard InChI is InChI=1S/C11H13NO3.Ca.2H/c1-8(13)6-10(14)7-15-11-4-2-9(12)3-5-11;;;/h2-5H,6-7,12H2,1H3;;;. The number of rotatable bonds is 5. The van der Waals surface area contributed by atoms with Gasteiger partial charge in [-0.05, 0) is 31.2 Å². The number of ketones is 2. The van der Waals surface area contributed by atoms with Crippen molar-refractivity contribution in [2.45, 2.75) is 13.3 Å². The Labute approximate surface area is 124 Å². The maximum absolute atomic E-state index is 11.1. The number of ether oxygens (including phenoxy) is 1. The summed E-state index contributed by atoms with van der Waals surface area (Å²) in [6, 6.07) is 6.72. The molecule has 2 N–H and O–H groups in total. The molecule has 0 aliphatic heterocycles. The van der Waals surface area contributed by atoms with E-state index >= 15 is 0 Å². The molecule has 4 nitrogen and oxygen atoms in total. The van der Waals surface area contributed by atoms with Crippen molar-refractivity contribution in [3.63, 3.8) is 0 Å². The topological polar surface area (TPSA) is 69.4 Å². The second kappa shape index (κ2) is 7.65. The van der Waals surface area contributed by atoms with E-state index in [-0.39, 0.29) is 62.3 Å². The van der Waals surface area contributed by atoms with Crippen LogP contribution in [0.1, 0.15) is 13.3 Å². The first-order chi connectivity index (χ1) is 7.08. The monoisotopic (exact) mass is 249 g/mol. The fourth-order valence-corrected chi connectivity index (χ4v) is 1.06. The average Bonchev–Trinajstić information content (AvgIpc) is 2.16. The zero-order valence-corrected chi connectivity index (χ0v) is 8.53. The van der Waals surface area contributed by atoms with Crippen LogP contribution >= 0.6 is 0 Å². The summed E-state index contributed by atoms with van der Waals surface area (Å²) >= 11 is 0. The zero-order chi connectivity index (χ0) is 11.3. The van der Waals surface area contributed by atoms with Gasteiger partial charge in [0.25, 0.3) is 0 Å². The number of carbonyl (C=O) groups is 2. The third-order valence-corrected chi connectivity index (χ3v) is 1.73. The van der Waals surface area contributed by atoms with Crippen LogP contribution in [-0.4, -0.2) is 55.9 Å². The Balaban J connectivity index is 0.00000225. The van der Waals surface area contributed by atoms with E-state index in [1.165, 1.54) is 6.92 Å². The van der Waals surface area contributed by atoms with Gasteiger partial charge in [0.15, 0.2) is 5.78 Å². The van der Waals surface area contributed by atoms with Crippen molar-refractivity contribution in [2.24, 2.45) is 0 Å². The van der Waals surface area contributed by atoms with Crippen LogP contribution in [0.25, 0.3) is 0 Å². The summed E-state index contributed by atoms with van der Waals surface area (Å²) in [6.07, 6.45) is -0.0744. The van der Waals surface area contributed by atoms with Gasteiger partial charge in [-0.2, -0.15) is 0 Å². The Kier molecular flexibility index (Phi) is 7.38. The molecular weight excluding hydrogens is 234 g/mol. The summed E-state index contributed by atoms with van der Waals surface area (Å²) in [5, 5.41) is 0. The van der Waals surface area contributed by atoms with Crippen LogP contribution in [0.3, 0.4) is 0 Å². The molecule has 0 bridgehead atoms. The molecule has 0 heterocycles. The summed E-state index contributed by atoms with van der Waals surface area (Å²) in [5.74, 6) is 0.196. The predicted octanol–water partition coefficient (Wildman–Crippen LogP) is 0.280. The van der Waals surface area contributed by atoms with E-state index in [9.17, 15) is 9.59 Å². The van der Waals surface area contributed by atoms with Crippen LogP contribution in [-0.2, 0) is 9.59 Å². The molecule has 0 radical (unpaired) electrons. The first-order valence-electron chi connectivity index (χ1n) is 4.57. The predicted molar refractivity (Wildman–Crippen MR) is 65.2 cm³/mol. The molecule has 0 saturated heterocycles. The van der Waals surface area contributed by atoms with Crippen molar-refractivity contribution >= 4 is 55.0 Å². The second-order valence-electron chi connectivity index (χ2n) is 3.28. The van der Waals surface area contributed by atoms with E-state index in [0.29, 0.717) is 11.4 Å². The normalized spacial score (nSPS) is 9.06. The minimum atomic E-state index is -0.223. The van der Waals surface area contributed by atoms with Crippen molar-refractivity contribution in [3.05, 3.63) is 24.3 Å². The molecule has 5 heteroatoms. The quantitative estimate of drug-likeness (QED) is 0.462. The van der Waals surface area contributed by atoms with Crippen LogP contribution < -0.4 is 10.5 Å². The van der Waals surface area contributed by atoms with Gasteiger partial charge in [-0.15, -0.1) is 0 Å². The number of benzene rings is 1. The van der Waals surface area contributed by atoms with Gasteiger partial charge in [-0.1, -0.05) is 0 Å². The Morgan fingerprint density at radius 1 is 1.25 bits per heavy atom. The number of hydrogen-bond acceptors (Lipinski definition) is 4. The Bertz CT molecular complexity index is 362. The molecule has 0 saturated carbocycles. The average molecular weight is 249 g/mol. The number of nitrogens with two attached hydrogens (primary N) is 1.